The molecule has 0 unspecified atom stereocenters. The molecule has 0 aromatic heterocycles. The number of benzene rings is 2. The van der Waals surface area contributed by atoms with E-state index >= 15 is 0 Å². The standard InChI is InChI=1S/C26H33N3O3S/c1-18(2)14-15-32-23-13-6-10-20(16-23)25(31)29-26(33)28-22-12-7-11-21(17-22)27-24(30)19-8-4-3-5-9-19/h6-7,10-13,16-19H,3-5,8-9,14-15H2,1-2H3,(H,27,30)(H2,28,29,31,33). The summed E-state index contributed by atoms with van der Waals surface area (Å²) in [5.74, 6) is 1.05. The van der Waals surface area contributed by atoms with Gasteiger partial charge >= 0.3 is 0 Å². The van der Waals surface area contributed by atoms with Crippen molar-refractivity contribution in [2.24, 2.45) is 11.8 Å². The second kappa shape index (κ2) is 12.3. The molecule has 0 bridgehead atoms. The summed E-state index contributed by atoms with van der Waals surface area (Å²) < 4.78 is 5.73. The van der Waals surface area contributed by atoms with E-state index in [0.717, 1.165) is 32.1 Å². The molecule has 0 heterocycles. The largest absolute Gasteiger partial charge is 0.494 e. The Morgan fingerprint density at radius 1 is 1.00 bits per heavy atom. The molecule has 33 heavy (non-hydrogen) atoms. The molecule has 0 spiro atoms. The molecule has 0 radical (unpaired) electrons. The van der Waals surface area contributed by atoms with Gasteiger partial charge in [0.15, 0.2) is 5.11 Å². The fourth-order valence-electron chi connectivity index (χ4n) is 3.76. The zero-order chi connectivity index (χ0) is 23.6. The van der Waals surface area contributed by atoms with Gasteiger partial charge in [0.2, 0.25) is 5.91 Å². The van der Waals surface area contributed by atoms with Gasteiger partial charge in [0.05, 0.1) is 6.61 Å². The van der Waals surface area contributed by atoms with E-state index in [1.165, 1.54) is 6.42 Å². The second-order valence-electron chi connectivity index (χ2n) is 8.87. The summed E-state index contributed by atoms with van der Waals surface area (Å²) >= 11 is 5.32. The Hall–Kier alpha value is -2.93. The van der Waals surface area contributed by atoms with Crippen molar-refractivity contribution < 1.29 is 14.3 Å². The molecule has 3 N–H and O–H groups in total. The van der Waals surface area contributed by atoms with Gasteiger partial charge in [0, 0.05) is 22.9 Å². The van der Waals surface area contributed by atoms with Crippen LogP contribution in [0.4, 0.5) is 11.4 Å². The lowest BCUT2D eigenvalue weighted by Crippen LogP contribution is -2.34. The third kappa shape index (κ3) is 8.17. The minimum Gasteiger partial charge on any atom is -0.494 e. The predicted octanol–water partition coefficient (Wildman–Crippen LogP) is 5.76. The molecule has 1 aliphatic rings. The summed E-state index contributed by atoms with van der Waals surface area (Å²) in [6, 6.07) is 14.4. The Morgan fingerprint density at radius 3 is 2.42 bits per heavy atom. The van der Waals surface area contributed by atoms with E-state index in [4.69, 9.17) is 17.0 Å². The first kappa shape index (κ1) is 24.7. The summed E-state index contributed by atoms with van der Waals surface area (Å²) in [4.78, 5) is 25.1. The number of amides is 2. The van der Waals surface area contributed by atoms with E-state index < -0.39 is 0 Å². The fourth-order valence-corrected chi connectivity index (χ4v) is 3.97. The molecule has 2 aromatic rings. The van der Waals surface area contributed by atoms with Gasteiger partial charge in [0.25, 0.3) is 5.91 Å². The SMILES string of the molecule is CC(C)CCOc1cccc(C(=O)NC(=S)Nc2cccc(NC(=O)C3CCCCC3)c2)c1. The van der Waals surface area contributed by atoms with Crippen LogP contribution in [0, 0.1) is 11.8 Å². The molecule has 2 aromatic carbocycles. The maximum atomic E-state index is 12.6. The van der Waals surface area contributed by atoms with Crippen LogP contribution in [0.3, 0.4) is 0 Å². The van der Waals surface area contributed by atoms with Crippen molar-refractivity contribution in [3.05, 3.63) is 54.1 Å². The van der Waals surface area contributed by atoms with Crippen molar-refractivity contribution in [2.75, 3.05) is 17.2 Å². The Labute approximate surface area is 201 Å². The van der Waals surface area contributed by atoms with Crippen molar-refractivity contribution in [2.45, 2.75) is 52.4 Å². The van der Waals surface area contributed by atoms with Crippen LogP contribution in [0.15, 0.2) is 48.5 Å². The Morgan fingerprint density at radius 2 is 1.70 bits per heavy atom. The number of ether oxygens (including phenoxy) is 1. The average Bonchev–Trinajstić information content (AvgIpc) is 2.79. The molecule has 0 aliphatic heterocycles. The molecular weight excluding hydrogens is 434 g/mol. The first-order chi connectivity index (χ1) is 15.9. The Balaban J connectivity index is 1.52. The number of carbonyl (C=O) groups is 2. The summed E-state index contributed by atoms with van der Waals surface area (Å²) in [6.45, 7) is 4.89. The van der Waals surface area contributed by atoms with Crippen LogP contribution in [-0.4, -0.2) is 23.5 Å². The lowest BCUT2D eigenvalue weighted by atomic mass is 9.88. The molecule has 1 saturated carbocycles. The highest BCUT2D eigenvalue weighted by molar-refractivity contribution is 7.80. The molecule has 0 atom stereocenters. The molecule has 176 valence electrons. The molecule has 2 amide bonds. The van der Waals surface area contributed by atoms with E-state index in [1.807, 2.05) is 30.3 Å². The van der Waals surface area contributed by atoms with Gasteiger partial charge in [0.1, 0.15) is 5.75 Å². The van der Waals surface area contributed by atoms with E-state index in [-0.39, 0.29) is 22.8 Å². The smallest absolute Gasteiger partial charge is 0.257 e. The maximum Gasteiger partial charge on any atom is 0.257 e. The average molecular weight is 468 g/mol. The first-order valence-corrected chi connectivity index (χ1v) is 12.1. The van der Waals surface area contributed by atoms with Crippen LogP contribution in [0.25, 0.3) is 0 Å². The Kier molecular flexibility index (Phi) is 9.24. The number of hydrogen-bond donors (Lipinski definition) is 3. The van der Waals surface area contributed by atoms with Gasteiger partial charge in [-0.15, -0.1) is 0 Å². The van der Waals surface area contributed by atoms with Crippen LogP contribution < -0.4 is 20.7 Å². The normalized spacial score (nSPS) is 13.9. The highest BCUT2D eigenvalue weighted by atomic mass is 32.1. The summed E-state index contributed by atoms with van der Waals surface area (Å²) in [6.07, 6.45) is 6.28. The third-order valence-corrected chi connectivity index (χ3v) is 5.86. The maximum absolute atomic E-state index is 12.6. The van der Waals surface area contributed by atoms with Crippen LogP contribution in [0.1, 0.15) is 62.7 Å². The van der Waals surface area contributed by atoms with Gasteiger partial charge in [-0.3, -0.25) is 14.9 Å². The van der Waals surface area contributed by atoms with E-state index in [2.05, 4.69) is 29.8 Å². The highest BCUT2D eigenvalue weighted by Crippen LogP contribution is 2.25. The number of carbonyl (C=O) groups excluding carboxylic acids is 2. The van der Waals surface area contributed by atoms with Gasteiger partial charge in [-0.1, -0.05) is 45.2 Å². The fraction of sp³-hybridized carbons (Fsp3) is 0.423. The Bertz CT molecular complexity index is 971. The van der Waals surface area contributed by atoms with E-state index in [9.17, 15) is 9.59 Å². The molecule has 0 saturated heterocycles. The predicted molar refractivity (Wildman–Crippen MR) is 137 cm³/mol. The second-order valence-corrected chi connectivity index (χ2v) is 9.28. The minimum atomic E-state index is -0.316. The first-order valence-electron chi connectivity index (χ1n) is 11.7. The number of rotatable bonds is 8. The summed E-state index contributed by atoms with van der Waals surface area (Å²) in [5.41, 5.74) is 1.86. The molecule has 3 rings (SSSR count). The van der Waals surface area contributed by atoms with Crippen LogP contribution in [0.2, 0.25) is 0 Å². The monoisotopic (exact) mass is 467 g/mol. The highest BCUT2D eigenvalue weighted by Gasteiger charge is 2.21. The van der Waals surface area contributed by atoms with Crippen LogP contribution >= 0.6 is 12.2 Å². The molecule has 1 aliphatic carbocycles. The number of thiocarbonyl (C=S) groups is 1. The number of anilines is 2. The van der Waals surface area contributed by atoms with Crippen molar-refractivity contribution in [1.29, 1.82) is 0 Å². The van der Waals surface area contributed by atoms with Crippen LogP contribution in [0.5, 0.6) is 5.75 Å². The van der Waals surface area contributed by atoms with Crippen molar-refractivity contribution >= 4 is 40.5 Å². The molecule has 6 nitrogen and oxygen atoms in total. The molecule has 7 heteroatoms. The van der Waals surface area contributed by atoms with Crippen LogP contribution in [-0.2, 0) is 4.79 Å². The lowest BCUT2D eigenvalue weighted by Gasteiger charge is -2.21. The molecular formula is C26H33N3O3S. The quantitative estimate of drug-likeness (QED) is 0.430. The summed E-state index contributed by atoms with van der Waals surface area (Å²) in [7, 11) is 0. The topological polar surface area (TPSA) is 79.5 Å². The zero-order valence-corrected chi connectivity index (χ0v) is 20.2. The van der Waals surface area contributed by atoms with E-state index in [1.54, 1.807) is 18.2 Å². The van der Waals surface area contributed by atoms with Gasteiger partial charge < -0.3 is 15.4 Å². The number of nitrogens with one attached hydrogen (secondary N) is 3. The zero-order valence-electron chi connectivity index (χ0n) is 19.4. The van der Waals surface area contributed by atoms with Crippen molar-refractivity contribution in [3.63, 3.8) is 0 Å². The van der Waals surface area contributed by atoms with Crippen molar-refractivity contribution in [1.82, 2.24) is 5.32 Å². The van der Waals surface area contributed by atoms with Gasteiger partial charge in [-0.2, -0.15) is 0 Å². The molecule has 1 fully saturated rings. The lowest BCUT2D eigenvalue weighted by molar-refractivity contribution is -0.120. The van der Waals surface area contributed by atoms with E-state index in [0.29, 0.717) is 35.2 Å². The van der Waals surface area contributed by atoms with Gasteiger partial charge in [-0.25, -0.2) is 0 Å². The van der Waals surface area contributed by atoms with Crippen molar-refractivity contribution in [3.8, 4) is 5.75 Å². The summed E-state index contributed by atoms with van der Waals surface area (Å²) in [5, 5.41) is 8.89. The minimum absolute atomic E-state index is 0.0678. The number of hydrogen-bond acceptors (Lipinski definition) is 4. The third-order valence-electron chi connectivity index (χ3n) is 5.65. The van der Waals surface area contributed by atoms with Gasteiger partial charge in [-0.05, 0) is 73.8 Å².